The van der Waals surface area contributed by atoms with E-state index in [0.717, 1.165) is 0 Å². The van der Waals surface area contributed by atoms with E-state index in [-0.39, 0.29) is 29.5 Å². The van der Waals surface area contributed by atoms with E-state index in [4.69, 9.17) is 14.2 Å². The number of carbonyl (C=O) groups excluding carboxylic acids is 1. The zero-order valence-corrected chi connectivity index (χ0v) is 12.2. The van der Waals surface area contributed by atoms with Gasteiger partial charge in [0.1, 0.15) is 0 Å². The maximum absolute atomic E-state index is 11.7. The van der Waals surface area contributed by atoms with Crippen LogP contribution in [0, 0.1) is 17.0 Å². The lowest BCUT2D eigenvalue weighted by Gasteiger charge is -2.08. The van der Waals surface area contributed by atoms with Crippen molar-refractivity contribution < 1.29 is 23.9 Å². The SMILES string of the molecule is CCOC(=O)/C(=C/c1c(C)cnc(OC)c1[N+](=O)[O-])OC. The summed E-state index contributed by atoms with van der Waals surface area (Å²) in [5.74, 6) is -0.989. The number of pyridine rings is 1. The van der Waals surface area contributed by atoms with E-state index < -0.39 is 10.9 Å². The summed E-state index contributed by atoms with van der Waals surface area (Å²) in [6.07, 6.45) is 2.66. The van der Waals surface area contributed by atoms with E-state index in [0.29, 0.717) is 5.56 Å². The Kier molecular flexibility index (Phi) is 5.65. The summed E-state index contributed by atoms with van der Waals surface area (Å²) in [4.78, 5) is 26.1. The molecule has 1 rings (SSSR count). The largest absolute Gasteiger partial charge is 0.490 e. The molecule has 0 aliphatic carbocycles. The quantitative estimate of drug-likeness (QED) is 0.259. The first-order valence-electron chi connectivity index (χ1n) is 6.07. The van der Waals surface area contributed by atoms with Gasteiger partial charge in [-0.25, -0.2) is 9.78 Å². The Morgan fingerprint density at radius 3 is 2.62 bits per heavy atom. The molecule has 1 aromatic rings. The molecule has 8 nitrogen and oxygen atoms in total. The Bertz CT molecular complexity index is 582. The molecule has 21 heavy (non-hydrogen) atoms. The third kappa shape index (κ3) is 3.68. The number of methoxy groups -OCH3 is 2. The standard InChI is InChI=1S/C13H16N2O6/c1-5-21-13(16)10(19-3)6-9-8(2)7-14-12(20-4)11(9)15(17)18/h6-7H,5H2,1-4H3/b10-6-. The predicted octanol–water partition coefficient (Wildman–Crippen LogP) is 1.86. The van der Waals surface area contributed by atoms with Crippen LogP contribution in [0.1, 0.15) is 18.1 Å². The molecule has 0 amide bonds. The first-order valence-corrected chi connectivity index (χ1v) is 6.07. The van der Waals surface area contributed by atoms with Gasteiger partial charge in [-0.1, -0.05) is 0 Å². The van der Waals surface area contributed by atoms with Gasteiger partial charge in [-0.05, 0) is 19.4 Å². The summed E-state index contributed by atoms with van der Waals surface area (Å²) in [5.41, 5.74) is 0.342. The molecule has 114 valence electrons. The molecule has 1 heterocycles. The highest BCUT2D eigenvalue weighted by molar-refractivity contribution is 5.92. The number of carbonyl (C=O) groups is 1. The Morgan fingerprint density at radius 2 is 2.14 bits per heavy atom. The van der Waals surface area contributed by atoms with Gasteiger partial charge >= 0.3 is 11.7 Å². The maximum Gasteiger partial charge on any atom is 0.373 e. The van der Waals surface area contributed by atoms with Crippen molar-refractivity contribution in [3.63, 3.8) is 0 Å². The highest BCUT2D eigenvalue weighted by Gasteiger charge is 2.25. The molecule has 0 atom stereocenters. The molecule has 0 saturated heterocycles. The van der Waals surface area contributed by atoms with Crippen LogP contribution in [0.5, 0.6) is 5.88 Å². The van der Waals surface area contributed by atoms with E-state index in [1.807, 2.05) is 0 Å². The van der Waals surface area contributed by atoms with Gasteiger partial charge in [0.2, 0.25) is 5.76 Å². The lowest BCUT2D eigenvalue weighted by atomic mass is 10.1. The molecular formula is C13H16N2O6. The molecule has 0 N–H and O–H groups in total. The van der Waals surface area contributed by atoms with E-state index >= 15 is 0 Å². The van der Waals surface area contributed by atoms with Crippen LogP contribution >= 0.6 is 0 Å². The normalized spacial score (nSPS) is 11.0. The topological polar surface area (TPSA) is 101 Å². The summed E-state index contributed by atoms with van der Waals surface area (Å²) in [6, 6.07) is 0. The number of esters is 1. The zero-order valence-electron chi connectivity index (χ0n) is 12.2. The van der Waals surface area contributed by atoms with Crippen molar-refractivity contribution in [3.8, 4) is 5.88 Å². The van der Waals surface area contributed by atoms with Crippen LogP contribution in [-0.2, 0) is 14.3 Å². The van der Waals surface area contributed by atoms with E-state index in [2.05, 4.69) is 4.98 Å². The van der Waals surface area contributed by atoms with Gasteiger partial charge in [-0.3, -0.25) is 10.1 Å². The Morgan fingerprint density at radius 1 is 1.48 bits per heavy atom. The third-order valence-electron chi connectivity index (χ3n) is 2.61. The monoisotopic (exact) mass is 296 g/mol. The van der Waals surface area contributed by atoms with Crippen molar-refractivity contribution >= 4 is 17.7 Å². The Labute approximate surface area is 121 Å². The molecule has 0 spiro atoms. The van der Waals surface area contributed by atoms with Crippen LogP contribution < -0.4 is 4.74 Å². The van der Waals surface area contributed by atoms with Crippen LogP contribution in [-0.4, -0.2) is 36.7 Å². The third-order valence-corrected chi connectivity index (χ3v) is 2.61. The van der Waals surface area contributed by atoms with E-state index in [1.54, 1.807) is 13.8 Å². The molecule has 0 radical (unpaired) electrons. The second-order valence-corrected chi connectivity index (χ2v) is 3.90. The molecule has 8 heteroatoms. The van der Waals surface area contributed by atoms with Crippen LogP contribution in [0.25, 0.3) is 6.08 Å². The van der Waals surface area contributed by atoms with Crippen molar-refractivity contribution in [2.24, 2.45) is 0 Å². The molecular weight excluding hydrogens is 280 g/mol. The summed E-state index contributed by atoms with van der Waals surface area (Å²) < 4.78 is 14.6. The lowest BCUT2D eigenvalue weighted by molar-refractivity contribution is -0.386. The van der Waals surface area contributed by atoms with Gasteiger partial charge < -0.3 is 14.2 Å². The average molecular weight is 296 g/mol. The molecule has 0 unspecified atom stereocenters. The van der Waals surface area contributed by atoms with Crippen molar-refractivity contribution in [2.75, 3.05) is 20.8 Å². The number of nitrogens with zero attached hydrogens (tertiary/aromatic N) is 2. The number of nitro groups is 1. The van der Waals surface area contributed by atoms with Crippen molar-refractivity contribution in [1.29, 1.82) is 0 Å². The number of hydrogen-bond donors (Lipinski definition) is 0. The smallest absolute Gasteiger partial charge is 0.373 e. The number of hydrogen-bond acceptors (Lipinski definition) is 7. The van der Waals surface area contributed by atoms with E-state index in [9.17, 15) is 14.9 Å². The highest BCUT2D eigenvalue weighted by atomic mass is 16.6. The van der Waals surface area contributed by atoms with Gasteiger partial charge in [0.15, 0.2) is 0 Å². The fraction of sp³-hybridized carbons (Fsp3) is 0.385. The Balaban J connectivity index is 3.47. The summed E-state index contributed by atoms with van der Waals surface area (Å²) in [6.45, 7) is 3.44. The zero-order chi connectivity index (χ0) is 16.0. The minimum absolute atomic E-state index is 0.142. The van der Waals surface area contributed by atoms with Crippen molar-refractivity contribution in [1.82, 2.24) is 4.98 Å². The molecule has 0 aliphatic heterocycles. The average Bonchev–Trinajstić information content (AvgIpc) is 2.45. The van der Waals surface area contributed by atoms with E-state index in [1.165, 1.54) is 26.5 Å². The Hall–Kier alpha value is -2.64. The number of rotatable bonds is 6. The van der Waals surface area contributed by atoms with Crippen LogP contribution in [0.4, 0.5) is 5.69 Å². The lowest BCUT2D eigenvalue weighted by Crippen LogP contribution is -2.10. The number of ether oxygens (including phenoxy) is 3. The maximum atomic E-state index is 11.7. The number of aryl methyl sites for hydroxylation is 1. The van der Waals surface area contributed by atoms with Gasteiger partial charge in [0.05, 0.1) is 31.3 Å². The molecule has 0 aliphatic rings. The summed E-state index contributed by atoms with van der Waals surface area (Å²) in [7, 11) is 2.56. The second kappa shape index (κ2) is 7.22. The predicted molar refractivity (Wildman–Crippen MR) is 73.8 cm³/mol. The minimum Gasteiger partial charge on any atom is -0.490 e. The van der Waals surface area contributed by atoms with Crippen LogP contribution in [0.3, 0.4) is 0 Å². The van der Waals surface area contributed by atoms with Crippen LogP contribution in [0.2, 0.25) is 0 Å². The van der Waals surface area contributed by atoms with Gasteiger partial charge in [-0.15, -0.1) is 0 Å². The summed E-state index contributed by atoms with van der Waals surface area (Å²) in [5, 5.41) is 11.2. The second-order valence-electron chi connectivity index (χ2n) is 3.90. The van der Waals surface area contributed by atoms with Gasteiger partial charge in [0.25, 0.3) is 5.88 Å². The van der Waals surface area contributed by atoms with Crippen molar-refractivity contribution in [3.05, 3.63) is 33.2 Å². The molecule has 0 aromatic carbocycles. The van der Waals surface area contributed by atoms with Gasteiger partial charge in [-0.2, -0.15) is 0 Å². The first-order chi connectivity index (χ1) is 9.96. The molecule has 0 bridgehead atoms. The molecule has 0 saturated carbocycles. The summed E-state index contributed by atoms with van der Waals surface area (Å²) >= 11 is 0. The fourth-order valence-corrected chi connectivity index (χ4v) is 1.63. The number of aromatic nitrogens is 1. The van der Waals surface area contributed by atoms with Gasteiger partial charge in [0, 0.05) is 12.3 Å². The van der Waals surface area contributed by atoms with Crippen molar-refractivity contribution in [2.45, 2.75) is 13.8 Å². The first kappa shape index (κ1) is 16.4. The fourth-order valence-electron chi connectivity index (χ4n) is 1.63. The minimum atomic E-state index is -0.704. The molecule has 1 aromatic heterocycles. The van der Waals surface area contributed by atoms with Crippen LogP contribution in [0.15, 0.2) is 12.0 Å². The highest BCUT2D eigenvalue weighted by Crippen LogP contribution is 2.32. The molecule has 0 fully saturated rings.